The monoisotopic (exact) mass is 531 g/mol. The molecule has 0 saturated carbocycles. The van der Waals surface area contributed by atoms with Crippen molar-refractivity contribution in [3.05, 3.63) is 96.1 Å². The Morgan fingerprint density at radius 2 is 1.89 bits per heavy atom. The Kier molecular flexibility index (Phi) is 7.64. The Morgan fingerprint density at radius 3 is 2.66 bits per heavy atom. The number of sulfonamides is 1. The Labute approximate surface area is 222 Å². The third-order valence-electron chi connectivity index (χ3n) is 6.39. The number of hydrogen-bond acceptors (Lipinski definition) is 8. The Bertz CT molecular complexity index is 1500. The van der Waals surface area contributed by atoms with E-state index in [1.54, 1.807) is 49.6 Å². The molecule has 3 heterocycles. The van der Waals surface area contributed by atoms with Gasteiger partial charge in [-0.05, 0) is 72.9 Å². The number of fused-ring (bicyclic) bond motifs is 1. The zero-order chi connectivity index (χ0) is 26.5. The quantitative estimate of drug-likeness (QED) is 0.299. The molecular weight excluding hydrogens is 502 g/mol. The number of ether oxygens (including phenoxy) is 1. The second-order valence-corrected chi connectivity index (χ2v) is 10.9. The number of nitrogens with zero attached hydrogens (tertiary/aromatic N) is 3. The van der Waals surface area contributed by atoms with Gasteiger partial charge in [-0.1, -0.05) is 24.3 Å². The van der Waals surface area contributed by atoms with Gasteiger partial charge in [0.05, 0.1) is 11.0 Å². The van der Waals surface area contributed by atoms with Gasteiger partial charge in [-0.15, -0.1) is 0 Å². The minimum atomic E-state index is -3.80. The molecule has 9 nitrogen and oxygen atoms in total. The number of hydrogen-bond donors (Lipinski definition) is 3. The lowest BCUT2D eigenvalue weighted by molar-refractivity contribution is 0.146. The second-order valence-electron chi connectivity index (χ2n) is 9.21. The minimum absolute atomic E-state index is 0.0174. The molecule has 196 valence electrons. The summed E-state index contributed by atoms with van der Waals surface area (Å²) in [7, 11) is -3.80. The van der Waals surface area contributed by atoms with Crippen molar-refractivity contribution < 1.29 is 18.3 Å². The number of aryl methyl sites for hydroxylation is 2. The first kappa shape index (κ1) is 25.8. The minimum Gasteiger partial charge on any atom is -0.489 e. The van der Waals surface area contributed by atoms with E-state index in [2.05, 4.69) is 31.1 Å². The average molecular weight is 532 g/mol. The lowest BCUT2D eigenvalue weighted by Crippen LogP contribution is -2.36. The van der Waals surface area contributed by atoms with Crippen molar-refractivity contribution in [2.75, 3.05) is 17.8 Å². The fourth-order valence-corrected chi connectivity index (χ4v) is 5.29. The molecule has 2 unspecified atom stereocenters. The summed E-state index contributed by atoms with van der Waals surface area (Å²) in [4.78, 5) is 12.2. The first-order valence-corrected chi connectivity index (χ1v) is 13.9. The zero-order valence-corrected chi connectivity index (χ0v) is 21.7. The second kappa shape index (κ2) is 11.3. The van der Waals surface area contributed by atoms with E-state index in [-0.39, 0.29) is 16.9 Å². The van der Waals surface area contributed by atoms with E-state index in [1.165, 1.54) is 6.20 Å². The maximum absolute atomic E-state index is 12.7. The van der Waals surface area contributed by atoms with Crippen LogP contribution in [-0.4, -0.2) is 47.7 Å². The maximum atomic E-state index is 12.7. The van der Waals surface area contributed by atoms with Crippen LogP contribution in [0.15, 0.2) is 84.1 Å². The molecule has 0 bridgehead atoms. The van der Waals surface area contributed by atoms with Crippen LogP contribution in [0.4, 0.5) is 5.95 Å². The maximum Gasteiger partial charge on any atom is 0.264 e. The summed E-state index contributed by atoms with van der Waals surface area (Å²) in [5.74, 6) is 0.892. The fourth-order valence-electron chi connectivity index (χ4n) is 4.34. The average Bonchev–Trinajstić information content (AvgIpc) is 2.93. The molecule has 0 saturated heterocycles. The summed E-state index contributed by atoms with van der Waals surface area (Å²) < 4.78 is 34.1. The van der Waals surface area contributed by atoms with Crippen molar-refractivity contribution in [1.29, 1.82) is 0 Å². The molecule has 5 rings (SSSR count). The molecular formula is C28H29N5O4S. The van der Waals surface area contributed by atoms with Gasteiger partial charge in [-0.2, -0.15) is 0 Å². The smallest absolute Gasteiger partial charge is 0.264 e. The predicted octanol–water partition coefficient (Wildman–Crippen LogP) is 3.66. The van der Waals surface area contributed by atoms with Gasteiger partial charge in [0.15, 0.2) is 0 Å². The molecule has 2 aromatic heterocycles. The van der Waals surface area contributed by atoms with Crippen LogP contribution < -0.4 is 14.8 Å². The Hall–Kier alpha value is -3.86. The van der Waals surface area contributed by atoms with E-state index in [0.29, 0.717) is 18.8 Å². The van der Waals surface area contributed by atoms with Crippen LogP contribution in [-0.2, 0) is 16.4 Å². The fraction of sp³-hybridized carbons (Fsp3) is 0.250. The number of aliphatic hydroxyl groups excluding tert-OH is 1. The molecule has 0 aliphatic carbocycles. The van der Waals surface area contributed by atoms with E-state index in [4.69, 9.17) is 4.74 Å². The molecule has 0 amide bonds. The first-order valence-electron chi connectivity index (χ1n) is 12.4. The van der Waals surface area contributed by atoms with Gasteiger partial charge in [0, 0.05) is 42.9 Å². The first-order chi connectivity index (χ1) is 18.4. The van der Waals surface area contributed by atoms with E-state index in [1.807, 2.05) is 24.3 Å². The van der Waals surface area contributed by atoms with E-state index >= 15 is 0 Å². The lowest BCUT2D eigenvalue weighted by atomic mass is 9.97. The molecule has 4 aromatic rings. The van der Waals surface area contributed by atoms with Gasteiger partial charge in [0.25, 0.3) is 10.0 Å². The van der Waals surface area contributed by atoms with E-state index in [0.717, 1.165) is 40.8 Å². The highest BCUT2D eigenvalue weighted by atomic mass is 32.2. The number of pyridine rings is 1. The summed E-state index contributed by atoms with van der Waals surface area (Å²) in [5.41, 5.74) is 4.47. The van der Waals surface area contributed by atoms with Gasteiger partial charge >= 0.3 is 0 Å². The van der Waals surface area contributed by atoms with Crippen molar-refractivity contribution in [2.24, 2.45) is 0 Å². The molecule has 1 aliphatic rings. The SMILES string of the molecule is Cc1ccnc(NS(=O)(=O)c2ccc(-c3ccc4c(c3)CCC(CNCC(O)c3cccnc3)O4)cc2)n1. The third kappa shape index (κ3) is 6.16. The Balaban J connectivity index is 1.19. The van der Waals surface area contributed by atoms with Crippen LogP contribution in [0.25, 0.3) is 11.1 Å². The van der Waals surface area contributed by atoms with Crippen molar-refractivity contribution >= 4 is 16.0 Å². The van der Waals surface area contributed by atoms with Crippen molar-refractivity contribution in [3.8, 4) is 16.9 Å². The van der Waals surface area contributed by atoms with Gasteiger partial charge in [-0.3, -0.25) is 4.98 Å². The molecule has 2 atom stereocenters. The summed E-state index contributed by atoms with van der Waals surface area (Å²) in [5, 5.41) is 13.6. The highest BCUT2D eigenvalue weighted by molar-refractivity contribution is 7.92. The summed E-state index contributed by atoms with van der Waals surface area (Å²) in [6.45, 7) is 2.83. The third-order valence-corrected chi connectivity index (χ3v) is 7.73. The highest BCUT2D eigenvalue weighted by Gasteiger charge is 2.21. The van der Waals surface area contributed by atoms with Crippen LogP contribution in [0.3, 0.4) is 0 Å². The Morgan fingerprint density at radius 1 is 1.08 bits per heavy atom. The topological polar surface area (TPSA) is 126 Å². The van der Waals surface area contributed by atoms with Crippen LogP contribution >= 0.6 is 0 Å². The standard InChI is InChI=1S/C28H29N5O4S/c1-19-12-14-31-28(32-19)33-38(35,36)25-9-5-20(6-10-25)21-7-11-27-22(15-21)4-8-24(37-27)17-30-18-26(34)23-3-2-13-29-16-23/h2-3,5-7,9-16,24,26,30,34H,4,8,17-18H2,1H3,(H,31,32,33). The van der Waals surface area contributed by atoms with Gasteiger partial charge in [0.1, 0.15) is 11.9 Å². The highest BCUT2D eigenvalue weighted by Crippen LogP contribution is 2.32. The lowest BCUT2D eigenvalue weighted by Gasteiger charge is -2.27. The van der Waals surface area contributed by atoms with Crippen LogP contribution in [0.1, 0.15) is 29.3 Å². The molecule has 1 aliphatic heterocycles. The molecule has 2 aromatic carbocycles. The number of benzene rings is 2. The van der Waals surface area contributed by atoms with E-state index in [9.17, 15) is 13.5 Å². The number of aliphatic hydroxyl groups is 1. The summed E-state index contributed by atoms with van der Waals surface area (Å²) >= 11 is 0. The zero-order valence-electron chi connectivity index (χ0n) is 20.9. The largest absolute Gasteiger partial charge is 0.489 e. The summed E-state index contributed by atoms with van der Waals surface area (Å²) in [6, 6.07) is 18.1. The molecule has 0 spiro atoms. The van der Waals surface area contributed by atoms with Crippen molar-refractivity contribution in [1.82, 2.24) is 20.3 Å². The van der Waals surface area contributed by atoms with E-state index < -0.39 is 16.1 Å². The van der Waals surface area contributed by atoms with Crippen LogP contribution in [0.5, 0.6) is 5.75 Å². The number of rotatable bonds is 9. The molecule has 0 fully saturated rings. The van der Waals surface area contributed by atoms with Crippen LogP contribution in [0.2, 0.25) is 0 Å². The molecule has 3 N–H and O–H groups in total. The van der Waals surface area contributed by atoms with Crippen LogP contribution in [0, 0.1) is 6.92 Å². The normalized spacial score (nSPS) is 15.8. The molecule has 0 radical (unpaired) electrons. The van der Waals surface area contributed by atoms with Crippen molar-refractivity contribution in [2.45, 2.75) is 36.9 Å². The number of nitrogens with one attached hydrogen (secondary N) is 2. The molecule has 10 heteroatoms. The number of anilines is 1. The van der Waals surface area contributed by atoms with Gasteiger partial charge in [0.2, 0.25) is 5.95 Å². The van der Waals surface area contributed by atoms with Gasteiger partial charge < -0.3 is 15.2 Å². The number of aromatic nitrogens is 3. The molecule has 38 heavy (non-hydrogen) atoms. The predicted molar refractivity (Wildman–Crippen MR) is 144 cm³/mol. The van der Waals surface area contributed by atoms with Crippen molar-refractivity contribution in [3.63, 3.8) is 0 Å². The summed E-state index contributed by atoms with van der Waals surface area (Å²) in [6.07, 6.45) is 5.99. The van der Waals surface area contributed by atoms with Gasteiger partial charge in [-0.25, -0.2) is 23.1 Å².